The Labute approximate surface area is 144 Å². The zero-order chi connectivity index (χ0) is 16.8. The van der Waals surface area contributed by atoms with E-state index in [1.165, 1.54) is 0 Å². The lowest BCUT2D eigenvalue weighted by atomic mass is 10.1. The Morgan fingerprint density at radius 2 is 2.12 bits per heavy atom. The standard InChI is InChI=1S/C17H18N4O2S/c1-23-16-5-2-13(3-6-16)4-7-17(22)18-10-14-11-21(20-19-14)15-8-9-24-12-15/h2-3,5-6,8-9,11-12H,4,7,10H2,1H3,(H,18,22). The summed E-state index contributed by atoms with van der Waals surface area (Å²) >= 11 is 1.60. The first-order chi connectivity index (χ1) is 11.7. The van der Waals surface area contributed by atoms with E-state index in [4.69, 9.17) is 4.74 Å². The lowest BCUT2D eigenvalue weighted by Crippen LogP contribution is -2.23. The summed E-state index contributed by atoms with van der Waals surface area (Å²) in [7, 11) is 1.64. The van der Waals surface area contributed by atoms with Gasteiger partial charge in [-0.2, -0.15) is 11.3 Å². The van der Waals surface area contributed by atoms with Crippen LogP contribution in [0, 0.1) is 0 Å². The highest BCUT2D eigenvalue weighted by Gasteiger charge is 2.06. The highest BCUT2D eigenvalue weighted by atomic mass is 32.1. The minimum Gasteiger partial charge on any atom is -0.497 e. The van der Waals surface area contributed by atoms with E-state index < -0.39 is 0 Å². The predicted molar refractivity (Wildman–Crippen MR) is 92.4 cm³/mol. The van der Waals surface area contributed by atoms with E-state index in [1.807, 2.05) is 47.3 Å². The molecule has 2 aromatic heterocycles. The number of rotatable bonds is 7. The number of carbonyl (C=O) groups is 1. The molecule has 0 atom stereocenters. The van der Waals surface area contributed by atoms with Gasteiger partial charge >= 0.3 is 0 Å². The van der Waals surface area contributed by atoms with E-state index in [1.54, 1.807) is 23.1 Å². The van der Waals surface area contributed by atoms with Crippen LogP contribution >= 0.6 is 11.3 Å². The Bertz CT molecular complexity index is 781. The van der Waals surface area contributed by atoms with Crippen LogP contribution in [0.25, 0.3) is 5.69 Å². The first-order valence-electron chi connectivity index (χ1n) is 7.58. The number of aromatic nitrogens is 3. The van der Waals surface area contributed by atoms with Crippen LogP contribution in [-0.4, -0.2) is 28.0 Å². The van der Waals surface area contributed by atoms with Crippen molar-refractivity contribution in [3.63, 3.8) is 0 Å². The summed E-state index contributed by atoms with van der Waals surface area (Å²) in [6.07, 6.45) is 2.95. The van der Waals surface area contributed by atoms with Crippen molar-refractivity contribution < 1.29 is 9.53 Å². The van der Waals surface area contributed by atoms with Crippen molar-refractivity contribution in [2.24, 2.45) is 0 Å². The number of benzene rings is 1. The smallest absolute Gasteiger partial charge is 0.220 e. The van der Waals surface area contributed by atoms with E-state index >= 15 is 0 Å². The lowest BCUT2D eigenvalue weighted by molar-refractivity contribution is -0.121. The summed E-state index contributed by atoms with van der Waals surface area (Å²) < 4.78 is 6.82. The number of nitrogens with one attached hydrogen (secondary N) is 1. The zero-order valence-corrected chi connectivity index (χ0v) is 14.1. The Hall–Kier alpha value is -2.67. The first kappa shape index (κ1) is 16.2. The van der Waals surface area contributed by atoms with Crippen LogP contribution < -0.4 is 10.1 Å². The third kappa shape index (κ3) is 4.20. The number of hydrogen-bond acceptors (Lipinski definition) is 5. The molecule has 0 radical (unpaired) electrons. The molecule has 2 heterocycles. The fourth-order valence-electron chi connectivity index (χ4n) is 2.22. The molecule has 0 saturated carbocycles. The van der Waals surface area contributed by atoms with E-state index in [0.29, 0.717) is 19.4 Å². The second-order valence-electron chi connectivity index (χ2n) is 5.26. The maximum absolute atomic E-state index is 12.0. The van der Waals surface area contributed by atoms with Gasteiger partial charge in [0.1, 0.15) is 11.4 Å². The second kappa shape index (κ2) is 7.74. The zero-order valence-electron chi connectivity index (χ0n) is 13.3. The van der Waals surface area contributed by atoms with Gasteiger partial charge in [-0.1, -0.05) is 17.3 Å². The van der Waals surface area contributed by atoms with Crippen LogP contribution in [0.3, 0.4) is 0 Å². The number of carbonyl (C=O) groups excluding carboxylic acids is 1. The van der Waals surface area contributed by atoms with E-state index in [-0.39, 0.29) is 5.91 Å². The van der Waals surface area contributed by atoms with Crippen molar-refractivity contribution in [1.82, 2.24) is 20.3 Å². The molecule has 1 N–H and O–H groups in total. The van der Waals surface area contributed by atoms with Crippen molar-refractivity contribution in [2.75, 3.05) is 7.11 Å². The summed E-state index contributed by atoms with van der Waals surface area (Å²) in [5.74, 6) is 0.813. The van der Waals surface area contributed by atoms with Crippen molar-refractivity contribution >= 4 is 17.2 Å². The van der Waals surface area contributed by atoms with Gasteiger partial charge in [0.2, 0.25) is 5.91 Å². The maximum Gasteiger partial charge on any atom is 0.220 e. The van der Waals surface area contributed by atoms with E-state index in [0.717, 1.165) is 22.7 Å². The van der Waals surface area contributed by atoms with Crippen LogP contribution in [0.4, 0.5) is 0 Å². The summed E-state index contributed by atoms with van der Waals surface area (Å²) in [5.41, 5.74) is 2.82. The molecule has 3 aromatic rings. The van der Waals surface area contributed by atoms with Crippen molar-refractivity contribution in [2.45, 2.75) is 19.4 Å². The van der Waals surface area contributed by atoms with Crippen LogP contribution in [0.5, 0.6) is 5.75 Å². The summed E-state index contributed by atoms with van der Waals surface area (Å²) in [6, 6.07) is 9.71. The van der Waals surface area contributed by atoms with E-state index in [9.17, 15) is 4.79 Å². The molecule has 0 bridgehead atoms. The molecular weight excluding hydrogens is 324 g/mol. The molecule has 7 heteroatoms. The monoisotopic (exact) mass is 342 g/mol. The molecule has 0 fully saturated rings. The van der Waals surface area contributed by atoms with E-state index in [2.05, 4.69) is 15.6 Å². The minimum atomic E-state index is -0.00380. The molecule has 124 valence electrons. The third-order valence-electron chi connectivity index (χ3n) is 3.58. The number of hydrogen-bond donors (Lipinski definition) is 1. The van der Waals surface area contributed by atoms with Gasteiger partial charge in [-0.3, -0.25) is 4.79 Å². The molecule has 0 unspecified atom stereocenters. The van der Waals surface area contributed by atoms with Crippen LogP contribution in [0.1, 0.15) is 17.7 Å². The molecule has 0 aliphatic carbocycles. The quantitative estimate of drug-likeness (QED) is 0.716. The van der Waals surface area contributed by atoms with Gasteiger partial charge in [0.05, 0.1) is 25.5 Å². The highest BCUT2D eigenvalue weighted by Crippen LogP contribution is 2.13. The number of methoxy groups -OCH3 is 1. The normalized spacial score (nSPS) is 10.5. The Balaban J connectivity index is 1.45. The fraction of sp³-hybridized carbons (Fsp3) is 0.235. The van der Waals surface area contributed by atoms with Gasteiger partial charge in [0.25, 0.3) is 0 Å². The fourth-order valence-corrected chi connectivity index (χ4v) is 2.84. The Morgan fingerprint density at radius 3 is 2.83 bits per heavy atom. The van der Waals surface area contributed by atoms with Crippen molar-refractivity contribution in [3.8, 4) is 11.4 Å². The first-order valence-corrected chi connectivity index (χ1v) is 8.52. The Kier molecular flexibility index (Phi) is 5.22. The SMILES string of the molecule is COc1ccc(CCC(=O)NCc2cn(-c3ccsc3)nn2)cc1. The second-order valence-corrected chi connectivity index (χ2v) is 6.04. The molecule has 1 aromatic carbocycles. The van der Waals surface area contributed by atoms with Gasteiger partial charge < -0.3 is 10.1 Å². The van der Waals surface area contributed by atoms with Gasteiger partial charge in [-0.15, -0.1) is 5.10 Å². The van der Waals surface area contributed by atoms with Crippen LogP contribution in [-0.2, 0) is 17.8 Å². The third-order valence-corrected chi connectivity index (χ3v) is 4.25. The van der Waals surface area contributed by atoms with Gasteiger partial charge in [-0.05, 0) is 35.6 Å². The van der Waals surface area contributed by atoms with Gasteiger partial charge in [-0.25, -0.2) is 4.68 Å². The Morgan fingerprint density at radius 1 is 1.29 bits per heavy atom. The molecule has 0 spiro atoms. The molecule has 6 nitrogen and oxygen atoms in total. The van der Waals surface area contributed by atoms with Gasteiger partial charge in [0.15, 0.2) is 0 Å². The number of amides is 1. The average molecular weight is 342 g/mol. The molecule has 0 aliphatic rings. The molecular formula is C17H18N4O2S. The van der Waals surface area contributed by atoms with Crippen LogP contribution in [0.15, 0.2) is 47.3 Å². The highest BCUT2D eigenvalue weighted by molar-refractivity contribution is 7.08. The van der Waals surface area contributed by atoms with Crippen molar-refractivity contribution in [3.05, 3.63) is 58.5 Å². The maximum atomic E-state index is 12.0. The number of ether oxygens (including phenoxy) is 1. The molecule has 1 amide bonds. The minimum absolute atomic E-state index is 0.00380. The lowest BCUT2D eigenvalue weighted by Gasteiger charge is -2.04. The average Bonchev–Trinajstić information content (AvgIpc) is 3.29. The number of nitrogens with zero attached hydrogens (tertiary/aromatic N) is 3. The number of thiophene rings is 1. The summed E-state index contributed by atoms with van der Waals surface area (Å²) in [6.45, 7) is 0.381. The topological polar surface area (TPSA) is 69.0 Å². The largest absolute Gasteiger partial charge is 0.497 e. The summed E-state index contributed by atoms with van der Waals surface area (Å²) in [4.78, 5) is 12.0. The molecule has 0 aliphatic heterocycles. The molecule has 24 heavy (non-hydrogen) atoms. The summed E-state index contributed by atoms with van der Waals surface area (Å²) in [5, 5.41) is 15.0. The van der Waals surface area contributed by atoms with Gasteiger partial charge in [0, 0.05) is 11.8 Å². The number of aryl methyl sites for hydroxylation is 1. The van der Waals surface area contributed by atoms with Crippen molar-refractivity contribution in [1.29, 1.82) is 0 Å². The molecule has 0 saturated heterocycles. The van der Waals surface area contributed by atoms with Crippen LogP contribution in [0.2, 0.25) is 0 Å². The predicted octanol–water partition coefficient (Wildman–Crippen LogP) is 2.59. The molecule has 3 rings (SSSR count).